The number of amides is 4. The molecule has 1 heterocycles. The fourth-order valence-corrected chi connectivity index (χ4v) is 2.30. The van der Waals surface area contributed by atoms with E-state index in [1.165, 1.54) is 18.2 Å². The zero-order chi connectivity index (χ0) is 17.9. The first-order chi connectivity index (χ1) is 11.2. The Kier molecular flexibility index (Phi) is 5.18. The van der Waals surface area contributed by atoms with Crippen molar-refractivity contribution in [3.8, 4) is 0 Å². The molecule has 0 saturated carbocycles. The molecule has 0 aliphatic carbocycles. The Morgan fingerprint density at radius 2 is 2.17 bits per heavy atom. The monoisotopic (exact) mass is 354 g/mol. The van der Waals surface area contributed by atoms with Gasteiger partial charge in [-0.2, -0.15) is 5.10 Å². The fraction of sp³-hybridized carbons (Fsp3) is 0.333. The molecule has 0 radical (unpaired) electrons. The minimum absolute atomic E-state index is 0.0512. The predicted octanol–water partition coefficient (Wildman–Crippen LogP) is 1.65. The van der Waals surface area contributed by atoms with E-state index in [9.17, 15) is 18.8 Å². The summed E-state index contributed by atoms with van der Waals surface area (Å²) in [4.78, 5) is 36.3. The Morgan fingerprint density at radius 3 is 2.75 bits per heavy atom. The van der Waals surface area contributed by atoms with Crippen LogP contribution >= 0.6 is 11.6 Å². The molecule has 0 atom stereocenters. The summed E-state index contributed by atoms with van der Waals surface area (Å²) in [6, 6.07) is 3.62. The van der Waals surface area contributed by atoms with Crippen LogP contribution < -0.4 is 10.7 Å². The van der Waals surface area contributed by atoms with Gasteiger partial charge in [-0.25, -0.2) is 14.6 Å². The summed E-state index contributed by atoms with van der Waals surface area (Å²) >= 11 is 5.82. The number of hydrogen-bond acceptors (Lipinski definition) is 4. The van der Waals surface area contributed by atoms with Crippen molar-refractivity contribution in [1.29, 1.82) is 0 Å². The third-order valence-electron chi connectivity index (χ3n) is 3.39. The van der Waals surface area contributed by atoms with E-state index in [1.54, 1.807) is 13.8 Å². The number of benzene rings is 1. The second-order valence-electron chi connectivity index (χ2n) is 5.69. The minimum Gasteiger partial charge on any atom is -0.324 e. The van der Waals surface area contributed by atoms with Crippen molar-refractivity contribution in [3.63, 3.8) is 0 Å². The number of hydrogen-bond donors (Lipinski definition) is 2. The molecule has 1 aliphatic heterocycles. The van der Waals surface area contributed by atoms with Gasteiger partial charge in [-0.05, 0) is 26.0 Å². The number of carbonyl (C=O) groups is 3. The topological polar surface area (TPSA) is 90.9 Å². The molecule has 1 saturated heterocycles. The van der Waals surface area contributed by atoms with Gasteiger partial charge in [-0.15, -0.1) is 0 Å². The summed E-state index contributed by atoms with van der Waals surface area (Å²) in [6.07, 6.45) is 0.962. The molecule has 2 N–H and O–H groups in total. The van der Waals surface area contributed by atoms with Gasteiger partial charge in [0.2, 0.25) is 5.91 Å². The number of nitrogens with one attached hydrogen (secondary N) is 2. The Hall–Kier alpha value is -2.48. The van der Waals surface area contributed by atoms with Crippen LogP contribution in [-0.4, -0.2) is 41.0 Å². The lowest BCUT2D eigenvalue weighted by Gasteiger charge is -2.15. The minimum atomic E-state index is -0.979. The first kappa shape index (κ1) is 17.9. The second kappa shape index (κ2) is 6.96. The van der Waals surface area contributed by atoms with E-state index in [2.05, 4.69) is 15.8 Å². The van der Waals surface area contributed by atoms with Crippen molar-refractivity contribution in [2.24, 2.45) is 5.10 Å². The molecule has 0 bridgehead atoms. The van der Waals surface area contributed by atoms with E-state index >= 15 is 0 Å². The molecule has 4 amide bonds. The van der Waals surface area contributed by atoms with Crippen LogP contribution in [-0.2, 0) is 9.59 Å². The van der Waals surface area contributed by atoms with Gasteiger partial charge in [0.25, 0.3) is 5.91 Å². The number of rotatable bonds is 5. The maximum atomic E-state index is 13.5. The highest BCUT2D eigenvalue weighted by Gasteiger charge is 2.43. The third kappa shape index (κ3) is 3.88. The predicted molar refractivity (Wildman–Crippen MR) is 86.1 cm³/mol. The molecule has 9 heteroatoms. The van der Waals surface area contributed by atoms with Crippen LogP contribution in [0.25, 0.3) is 0 Å². The number of halogens is 2. The van der Waals surface area contributed by atoms with Crippen molar-refractivity contribution >= 4 is 35.7 Å². The molecule has 1 aliphatic rings. The number of imide groups is 1. The van der Waals surface area contributed by atoms with Crippen molar-refractivity contribution in [1.82, 2.24) is 15.6 Å². The van der Waals surface area contributed by atoms with Crippen molar-refractivity contribution in [3.05, 3.63) is 34.6 Å². The summed E-state index contributed by atoms with van der Waals surface area (Å²) in [5, 5.41) is 6.30. The molecule has 128 valence electrons. The summed E-state index contributed by atoms with van der Waals surface area (Å²) < 4.78 is 13.5. The van der Waals surface area contributed by atoms with Gasteiger partial charge in [-0.1, -0.05) is 17.7 Å². The molecule has 1 aromatic carbocycles. The van der Waals surface area contributed by atoms with Crippen LogP contribution in [0, 0.1) is 5.82 Å². The van der Waals surface area contributed by atoms with Crippen LogP contribution in [0.15, 0.2) is 23.3 Å². The van der Waals surface area contributed by atoms with Gasteiger partial charge in [-0.3, -0.25) is 14.5 Å². The zero-order valence-corrected chi connectivity index (χ0v) is 13.9. The first-order valence-corrected chi connectivity index (χ1v) is 7.50. The first-order valence-electron chi connectivity index (χ1n) is 7.12. The van der Waals surface area contributed by atoms with Gasteiger partial charge < -0.3 is 5.32 Å². The third-order valence-corrected chi connectivity index (χ3v) is 3.72. The van der Waals surface area contributed by atoms with E-state index in [1.807, 2.05) is 0 Å². The molecule has 0 spiro atoms. The highest BCUT2D eigenvalue weighted by Crippen LogP contribution is 2.17. The van der Waals surface area contributed by atoms with E-state index in [0.29, 0.717) is 0 Å². The number of nitrogens with zero attached hydrogens (tertiary/aromatic N) is 2. The number of hydrazone groups is 1. The standard InChI is InChI=1S/C15H16ClFN4O3/c1-15(2)13(23)21(14(24)19-15)7-6-12(22)20-18-8-9-10(16)4-3-5-11(9)17/h3-5,8H,6-7H2,1-2H3,(H,19,24)(H,20,22)/b18-8-. The van der Waals surface area contributed by atoms with Gasteiger partial charge in [0.15, 0.2) is 0 Å². The van der Waals surface area contributed by atoms with Crippen molar-refractivity contribution < 1.29 is 18.8 Å². The van der Waals surface area contributed by atoms with Gasteiger partial charge >= 0.3 is 6.03 Å². The summed E-state index contributed by atoms with van der Waals surface area (Å²) in [5.41, 5.74) is 1.27. The average Bonchev–Trinajstić information content (AvgIpc) is 2.68. The van der Waals surface area contributed by atoms with Crippen molar-refractivity contribution in [2.75, 3.05) is 6.54 Å². The average molecular weight is 355 g/mol. The SMILES string of the molecule is CC1(C)NC(=O)N(CCC(=O)N/N=C\c2c(F)cccc2Cl)C1=O. The Balaban J connectivity index is 1.87. The maximum Gasteiger partial charge on any atom is 0.325 e. The van der Waals surface area contributed by atoms with E-state index < -0.39 is 29.2 Å². The van der Waals surface area contributed by atoms with E-state index in [4.69, 9.17) is 11.6 Å². The van der Waals surface area contributed by atoms with Crippen LogP contribution in [0.2, 0.25) is 5.02 Å². The molecule has 2 rings (SSSR count). The van der Waals surface area contributed by atoms with Gasteiger partial charge in [0, 0.05) is 18.5 Å². The lowest BCUT2D eigenvalue weighted by atomic mass is 10.1. The summed E-state index contributed by atoms with van der Waals surface area (Å²) in [7, 11) is 0. The largest absolute Gasteiger partial charge is 0.325 e. The van der Waals surface area contributed by atoms with Crippen molar-refractivity contribution in [2.45, 2.75) is 25.8 Å². The van der Waals surface area contributed by atoms with Crippen LogP contribution in [0.1, 0.15) is 25.8 Å². The molecular weight excluding hydrogens is 339 g/mol. The lowest BCUT2D eigenvalue weighted by molar-refractivity contribution is -0.130. The van der Waals surface area contributed by atoms with E-state index in [0.717, 1.165) is 11.1 Å². The highest BCUT2D eigenvalue weighted by atomic mass is 35.5. The van der Waals surface area contributed by atoms with Gasteiger partial charge in [0.05, 0.1) is 11.2 Å². The highest BCUT2D eigenvalue weighted by molar-refractivity contribution is 6.33. The number of urea groups is 1. The quantitative estimate of drug-likeness (QED) is 0.478. The lowest BCUT2D eigenvalue weighted by Crippen LogP contribution is -2.40. The maximum absolute atomic E-state index is 13.5. The van der Waals surface area contributed by atoms with Gasteiger partial charge in [0.1, 0.15) is 11.4 Å². The fourth-order valence-electron chi connectivity index (χ4n) is 2.09. The van der Waals surface area contributed by atoms with Crippen LogP contribution in [0.4, 0.5) is 9.18 Å². The molecule has 1 fully saturated rings. The Labute approximate surface area is 142 Å². The normalized spacial score (nSPS) is 16.6. The van der Waals surface area contributed by atoms with Crippen LogP contribution in [0.3, 0.4) is 0 Å². The second-order valence-corrected chi connectivity index (χ2v) is 6.10. The molecule has 0 aromatic heterocycles. The summed E-state index contributed by atoms with van der Waals surface area (Å²) in [6.45, 7) is 3.08. The van der Waals surface area contributed by atoms with Crippen LogP contribution in [0.5, 0.6) is 0 Å². The Bertz CT molecular complexity index is 700. The molecule has 0 unspecified atom stereocenters. The Morgan fingerprint density at radius 1 is 1.46 bits per heavy atom. The zero-order valence-electron chi connectivity index (χ0n) is 13.1. The molecular formula is C15H16ClFN4O3. The number of carbonyl (C=O) groups excluding carboxylic acids is 3. The molecule has 24 heavy (non-hydrogen) atoms. The smallest absolute Gasteiger partial charge is 0.324 e. The summed E-state index contributed by atoms with van der Waals surface area (Å²) in [5.74, 6) is -1.49. The van der Waals surface area contributed by atoms with E-state index in [-0.39, 0.29) is 23.6 Å². The molecule has 1 aromatic rings. The molecule has 7 nitrogen and oxygen atoms in total.